The molecule has 0 radical (unpaired) electrons. The number of aliphatic carboxylic acids is 2. The SMILES string of the molecule is CC(CC(CCCCN)C(=O)O)C(CCCCN)C(=O)O. The van der Waals surface area contributed by atoms with Crippen LogP contribution in [0.3, 0.4) is 0 Å². The van der Waals surface area contributed by atoms with Gasteiger partial charge >= 0.3 is 11.9 Å². The topological polar surface area (TPSA) is 127 Å². The Kier molecular flexibility index (Phi) is 10.9. The van der Waals surface area contributed by atoms with Crippen molar-refractivity contribution in [3.8, 4) is 0 Å². The second-order valence-electron chi connectivity index (χ2n) is 5.76. The molecule has 0 fully saturated rings. The number of nitrogens with two attached hydrogens (primary N) is 2. The predicted molar refractivity (Wildman–Crippen MR) is 81.8 cm³/mol. The highest BCUT2D eigenvalue weighted by Gasteiger charge is 2.28. The van der Waals surface area contributed by atoms with Gasteiger partial charge in [0, 0.05) is 0 Å². The summed E-state index contributed by atoms with van der Waals surface area (Å²) in [6.45, 7) is 2.94. The van der Waals surface area contributed by atoms with E-state index in [1.54, 1.807) is 0 Å². The van der Waals surface area contributed by atoms with Gasteiger partial charge in [-0.2, -0.15) is 0 Å². The summed E-state index contributed by atoms with van der Waals surface area (Å²) in [6, 6.07) is 0. The smallest absolute Gasteiger partial charge is 0.306 e. The van der Waals surface area contributed by atoms with E-state index in [4.69, 9.17) is 11.5 Å². The van der Waals surface area contributed by atoms with Crippen LogP contribution in [0.15, 0.2) is 0 Å². The van der Waals surface area contributed by atoms with Crippen LogP contribution in [0.5, 0.6) is 0 Å². The van der Waals surface area contributed by atoms with E-state index in [0.29, 0.717) is 32.4 Å². The Balaban J connectivity index is 4.48. The second-order valence-corrected chi connectivity index (χ2v) is 5.76. The van der Waals surface area contributed by atoms with Crippen LogP contribution in [0.1, 0.15) is 51.9 Å². The molecule has 0 aromatic carbocycles. The van der Waals surface area contributed by atoms with E-state index >= 15 is 0 Å². The molecular weight excluding hydrogens is 272 g/mol. The van der Waals surface area contributed by atoms with Gasteiger partial charge in [-0.05, 0) is 51.1 Å². The van der Waals surface area contributed by atoms with Gasteiger partial charge < -0.3 is 21.7 Å². The lowest BCUT2D eigenvalue weighted by atomic mass is 9.81. The Bertz CT molecular complexity index is 310. The van der Waals surface area contributed by atoms with Crippen LogP contribution in [0, 0.1) is 17.8 Å². The Morgan fingerprint density at radius 1 is 0.905 bits per heavy atom. The van der Waals surface area contributed by atoms with Crippen molar-refractivity contribution in [1.82, 2.24) is 0 Å². The van der Waals surface area contributed by atoms with Crippen molar-refractivity contribution in [2.45, 2.75) is 51.9 Å². The van der Waals surface area contributed by atoms with Crippen molar-refractivity contribution in [3.63, 3.8) is 0 Å². The van der Waals surface area contributed by atoms with E-state index in [9.17, 15) is 19.8 Å². The zero-order chi connectivity index (χ0) is 16.3. The lowest BCUT2D eigenvalue weighted by molar-refractivity contribution is -0.147. The molecule has 0 aliphatic rings. The number of unbranched alkanes of at least 4 members (excludes halogenated alkanes) is 2. The Morgan fingerprint density at radius 3 is 1.86 bits per heavy atom. The molecule has 6 nitrogen and oxygen atoms in total. The largest absolute Gasteiger partial charge is 0.481 e. The minimum Gasteiger partial charge on any atom is -0.481 e. The van der Waals surface area contributed by atoms with Crippen molar-refractivity contribution in [1.29, 1.82) is 0 Å². The van der Waals surface area contributed by atoms with Crippen LogP contribution in [-0.4, -0.2) is 35.2 Å². The summed E-state index contributed by atoms with van der Waals surface area (Å²) in [7, 11) is 0. The average molecular weight is 302 g/mol. The molecule has 6 N–H and O–H groups in total. The fraction of sp³-hybridized carbons (Fsp3) is 0.867. The van der Waals surface area contributed by atoms with E-state index < -0.39 is 23.8 Å². The molecule has 21 heavy (non-hydrogen) atoms. The molecule has 0 spiro atoms. The minimum absolute atomic E-state index is 0.153. The molecule has 3 unspecified atom stereocenters. The molecule has 0 bridgehead atoms. The Morgan fingerprint density at radius 2 is 1.43 bits per heavy atom. The third-order valence-electron chi connectivity index (χ3n) is 3.99. The average Bonchev–Trinajstić information content (AvgIpc) is 2.41. The third-order valence-corrected chi connectivity index (χ3v) is 3.99. The first-order chi connectivity index (χ1) is 9.93. The van der Waals surface area contributed by atoms with E-state index in [0.717, 1.165) is 25.7 Å². The lowest BCUT2D eigenvalue weighted by Gasteiger charge is -2.23. The van der Waals surface area contributed by atoms with E-state index in [-0.39, 0.29) is 5.92 Å². The highest BCUT2D eigenvalue weighted by molar-refractivity contribution is 5.71. The minimum atomic E-state index is -0.843. The second kappa shape index (κ2) is 11.5. The van der Waals surface area contributed by atoms with Crippen molar-refractivity contribution in [2.24, 2.45) is 29.2 Å². The number of carbonyl (C=O) groups is 2. The van der Waals surface area contributed by atoms with Crippen molar-refractivity contribution in [3.05, 3.63) is 0 Å². The molecule has 0 aliphatic carbocycles. The van der Waals surface area contributed by atoms with E-state index in [1.807, 2.05) is 6.92 Å². The van der Waals surface area contributed by atoms with E-state index in [1.165, 1.54) is 0 Å². The Hall–Kier alpha value is -1.14. The standard InChI is InChI=1S/C15H30N2O4/c1-11(13(15(20)21)7-3-5-9-17)10-12(14(18)19)6-2-4-8-16/h11-13H,2-10,16-17H2,1H3,(H,18,19)(H,20,21). The number of hydrogen-bond donors (Lipinski definition) is 4. The molecule has 0 aromatic rings. The van der Waals surface area contributed by atoms with Crippen LogP contribution in [0.25, 0.3) is 0 Å². The zero-order valence-corrected chi connectivity index (χ0v) is 13.0. The Labute approximate surface area is 126 Å². The highest BCUT2D eigenvalue weighted by Crippen LogP contribution is 2.27. The quantitative estimate of drug-likeness (QED) is 0.383. The predicted octanol–water partition coefficient (Wildman–Crippen LogP) is 1.67. The van der Waals surface area contributed by atoms with Crippen LogP contribution in [0.4, 0.5) is 0 Å². The normalized spacial score (nSPS) is 15.4. The fourth-order valence-electron chi connectivity index (χ4n) is 2.65. The molecule has 0 heterocycles. The molecule has 0 aliphatic heterocycles. The molecular formula is C15H30N2O4. The molecule has 0 saturated heterocycles. The number of hydrogen-bond acceptors (Lipinski definition) is 4. The number of carboxylic acids is 2. The van der Waals surface area contributed by atoms with Crippen LogP contribution < -0.4 is 11.5 Å². The summed E-state index contributed by atoms with van der Waals surface area (Å²) in [5, 5.41) is 18.6. The van der Waals surface area contributed by atoms with Gasteiger partial charge in [0.15, 0.2) is 0 Å². The fourth-order valence-corrected chi connectivity index (χ4v) is 2.65. The maximum atomic E-state index is 11.4. The summed E-state index contributed by atoms with van der Waals surface area (Å²) in [6.07, 6.45) is 4.66. The monoisotopic (exact) mass is 302 g/mol. The number of rotatable bonds is 13. The first-order valence-corrected chi connectivity index (χ1v) is 7.79. The van der Waals surface area contributed by atoms with Crippen LogP contribution in [-0.2, 0) is 9.59 Å². The summed E-state index contributed by atoms with van der Waals surface area (Å²) in [4.78, 5) is 22.6. The van der Waals surface area contributed by atoms with Gasteiger partial charge in [-0.25, -0.2) is 0 Å². The van der Waals surface area contributed by atoms with E-state index in [2.05, 4.69) is 0 Å². The van der Waals surface area contributed by atoms with Crippen LogP contribution in [0.2, 0.25) is 0 Å². The third kappa shape index (κ3) is 8.67. The van der Waals surface area contributed by atoms with Gasteiger partial charge in [0.25, 0.3) is 0 Å². The van der Waals surface area contributed by atoms with Crippen LogP contribution >= 0.6 is 0 Å². The molecule has 6 heteroatoms. The maximum Gasteiger partial charge on any atom is 0.306 e. The molecule has 0 saturated carbocycles. The van der Waals surface area contributed by atoms with Crippen molar-refractivity contribution >= 4 is 11.9 Å². The molecule has 0 aromatic heterocycles. The summed E-state index contributed by atoms with van der Waals surface area (Å²) >= 11 is 0. The van der Waals surface area contributed by atoms with Gasteiger partial charge in [0.2, 0.25) is 0 Å². The first kappa shape index (κ1) is 19.9. The lowest BCUT2D eigenvalue weighted by Crippen LogP contribution is -2.26. The molecule has 0 rings (SSSR count). The summed E-state index contributed by atoms with van der Waals surface area (Å²) in [5.41, 5.74) is 10.8. The van der Waals surface area contributed by atoms with Gasteiger partial charge in [-0.15, -0.1) is 0 Å². The molecule has 0 amide bonds. The van der Waals surface area contributed by atoms with Gasteiger partial charge in [0.1, 0.15) is 0 Å². The molecule has 124 valence electrons. The van der Waals surface area contributed by atoms with Gasteiger partial charge in [-0.3, -0.25) is 9.59 Å². The van der Waals surface area contributed by atoms with Crippen molar-refractivity contribution in [2.75, 3.05) is 13.1 Å². The maximum absolute atomic E-state index is 11.4. The molecule has 3 atom stereocenters. The highest BCUT2D eigenvalue weighted by atomic mass is 16.4. The van der Waals surface area contributed by atoms with Gasteiger partial charge in [-0.1, -0.05) is 19.8 Å². The first-order valence-electron chi connectivity index (χ1n) is 7.79. The summed E-state index contributed by atoms with van der Waals surface area (Å²) in [5.74, 6) is -2.81. The summed E-state index contributed by atoms with van der Waals surface area (Å²) < 4.78 is 0. The zero-order valence-electron chi connectivity index (χ0n) is 13.0. The van der Waals surface area contributed by atoms with Gasteiger partial charge in [0.05, 0.1) is 11.8 Å². The number of carboxylic acid groups (broad SMARTS) is 2. The van der Waals surface area contributed by atoms with Crippen molar-refractivity contribution < 1.29 is 19.8 Å².